The zero-order valence-corrected chi connectivity index (χ0v) is 11.8. The molecule has 5 nitrogen and oxygen atoms in total. The molecule has 0 unspecified atom stereocenters. The molecule has 1 aromatic carbocycles. The number of amidine groups is 1. The second-order valence-corrected chi connectivity index (χ2v) is 5.45. The van der Waals surface area contributed by atoms with Crippen molar-refractivity contribution in [2.45, 2.75) is 0 Å². The first-order valence-corrected chi connectivity index (χ1v) is 7.16. The van der Waals surface area contributed by atoms with E-state index in [4.69, 9.17) is 11.6 Å². The molecule has 2 heterocycles. The Hall–Kier alpha value is -1.92. The van der Waals surface area contributed by atoms with Gasteiger partial charge in [0, 0.05) is 11.6 Å². The molecule has 1 aliphatic heterocycles. The number of rotatable bonds is 2. The van der Waals surface area contributed by atoms with Gasteiger partial charge in [-0.15, -0.1) is 5.10 Å². The number of nitrogens with one attached hydrogen (secondary N) is 1. The molecule has 0 bridgehead atoms. The summed E-state index contributed by atoms with van der Waals surface area (Å²) in [5.74, 6) is 0.356. The van der Waals surface area contributed by atoms with E-state index in [9.17, 15) is 4.79 Å². The molecule has 1 saturated heterocycles. The maximum Gasteiger partial charge on any atom is 0.236 e. The number of thioether (sulfide) groups is 1. The minimum absolute atomic E-state index is 0.0439. The van der Waals surface area contributed by atoms with Crippen molar-refractivity contribution in [3.63, 3.8) is 0 Å². The van der Waals surface area contributed by atoms with Crippen LogP contribution < -0.4 is 5.32 Å². The normalized spacial score (nSPS) is 17.2. The molecule has 0 spiro atoms. The Morgan fingerprint density at radius 1 is 1.35 bits per heavy atom. The maximum absolute atomic E-state index is 11.0. The zero-order valence-electron chi connectivity index (χ0n) is 10.2. The molecular formula is C13H9ClN4OS. The van der Waals surface area contributed by atoms with Crippen LogP contribution in [0.25, 0.3) is 10.8 Å². The smallest absolute Gasteiger partial charge is 0.236 e. The van der Waals surface area contributed by atoms with Gasteiger partial charge in [-0.25, -0.2) is 4.98 Å². The molecule has 0 saturated carbocycles. The lowest BCUT2D eigenvalue weighted by Gasteiger charge is -1.99. The van der Waals surface area contributed by atoms with Crippen LogP contribution in [-0.2, 0) is 4.79 Å². The number of pyridine rings is 1. The highest BCUT2D eigenvalue weighted by atomic mass is 35.5. The SMILES string of the molecule is O=C1CSC(=NN=Cc2ccc3cc(Cl)ncc3c2)N1. The van der Waals surface area contributed by atoms with E-state index in [2.05, 4.69) is 20.5 Å². The summed E-state index contributed by atoms with van der Waals surface area (Å²) < 4.78 is 0. The van der Waals surface area contributed by atoms with Crippen molar-refractivity contribution in [1.82, 2.24) is 10.3 Å². The predicted molar refractivity (Wildman–Crippen MR) is 82.4 cm³/mol. The highest BCUT2D eigenvalue weighted by Crippen LogP contribution is 2.17. The quantitative estimate of drug-likeness (QED) is 0.526. The molecule has 2 aromatic rings. The van der Waals surface area contributed by atoms with E-state index in [-0.39, 0.29) is 5.91 Å². The van der Waals surface area contributed by atoms with E-state index in [1.165, 1.54) is 11.8 Å². The van der Waals surface area contributed by atoms with Gasteiger partial charge in [0.1, 0.15) is 5.15 Å². The molecule has 1 fully saturated rings. The summed E-state index contributed by atoms with van der Waals surface area (Å²) in [7, 11) is 0. The Bertz CT molecular complexity index is 744. The Balaban J connectivity index is 1.80. The number of carbonyl (C=O) groups is 1. The van der Waals surface area contributed by atoms with Crippen LogP contribution >= 0.6 is 23.4 Å². The first-order chi connectivity index (χ1) is 9.70. The second-order valence-electron chi connectivity index (χ2n) is 4.10. The van der Waals surface area contributed by atoms with Gasteiger partial charge in [-0.3, -0.25) is 4.79 Å². The number of benzene rings is 1. The Kier molecular flexibility index (Phi) is 3.66. The number of nitrogens with zero attached hydrogens (tertiary/aromatic N) is 3. The third kappa shape index (κ3) is 2.97. The molecule has 0 radical (unpaired) electrons. The Labute approximate surface area is 124 Å². The highest BCUT2D eigenvalue weighted by Gasteiger charge is 2.15. The standard InChI is InChI=1S/C13H9ClN4OS/c14-11-4-9-2-1-8(3-10(9)6-15-11)5-16-18-13-17-12(19)7-20-13/h1-6H,7H2,(H,17,18,19). The van der Waals surface area contributed by atoms with E-state index < -0.39 is 0 Å². The van der Waals surface area contributed by atoms with Gasteiger partial charge >= 0.3 is 0 Å². The number of carbonyl (C=O) groups excluding carboxylic acids is 1. The molecule has 100 valence electrons. The summed E-state index contributed by atoms with van der Waals surface area (Å²) in [4.78, 5) is 15.0. The van der Waals surface area contributed by atoms with Gasteiger partial charge in [0.05, 0.1) is 12.0 Å². The number of hydrogen-bond donors (Lipinski definition) is 1. The number of fused-ring (bicyclic) bond motifs is 1. The van der Waals surface area contributed by atoms with E-state index in [0.717, 1.165) is 16.3 Å². The molecule has 7 heteroatoms. The predicted octanol–water partition coefficient (Wildman–Crippen LogP) is 2.44. The molecule has 0 aliphatic carbocycles. The van der Waals surface area contributed by atoms with Crippen LogP contribution in [0.3, 0.4) is 0 Å². The van der Waals surface area contributed by atoms with E-state index in [0.29, 0.717) is 16.1 Å². The van der Waals surface area contributed by atoms with Gasteiger partial charge < -0.3 is 5.32 Å². The number of amides is 1. The average Bonchev–Trinajstić information content (AvgIpc) is 2.85. The van der Waals surface area contributed by atoms with Crippen LogP contribution in [0.15, 0.2) is 40.7 Å². The molecular weight excluding hydrogens is 296 g/mol. The fourth-order valence-electron chi connectivity index (χ4n) is 1.74. The lowest BCUT2D eigenvalue weighted by atomic mass is 10.1. The zero-order chi connectivity index (χ0) is 13.9. The maximum atomic E-state index is 11.0. The third-order valence-electron chi connectivity index (χ3n) is 2.65. The lowest BCUT2D eigenvalue weighted by molar-refractivity contribution is -0.116. The summed E-state index contributed by atoms with van der Waals surface area (Å²) >= 11 is 7.18. The summed E-state index contributed by atoms with van der Waals surface area (Å²) in [5, 5.41) is 13.5. The van der Waals surface area contributed by atoms with E-state index >= 15 is 0 Å². The monoisotopic (exact) mass is 304 g/mol. The third-order valence-corrected chi connectivity index (χ3v) is 3.72. The molecule has 1 N–H and O–H groups in total. The van der Waals surface area contributed by atoms with Crippen molar-refractivity contribution in [3.05, 3.63) is 41.2 Å². The van der Waals surface area contributed by atoms with Crippen LogP contribution in [0.4, 0.5) is 0 Å². The van der Waals surface area contributed by atoms with Gasteiger partial charge in [0.25, 0.3) is 0 Å². The van der Waals surface area contributed by atoms with Crippen molar-refractivity contribution >= 4 is 51.4 Å². The van der Waals surface area contributed by atoms with Crippen LogP contribution in [-0.4, -0.2) is 28.0 Å². The van der Waals surface area contributed by atoms with E-state index in [1.807, 2.05) is 24.3 Å². The molecule has 3 rings (SSSR count). The van der Waals surface area contributed by atoms with Gasteiger partial charge in [0.2, 0.25) is 5.91 Å². The van der Waals surface area contributed by atoms with Crippen molar-refractivity contribution in [3.8, 4) is 0 Å². The first kappa shape index (κ1) is 13.1. The molecule has 1 aliphatic rings. The van der Waals surface area contributed by atoms with Gasteiger partial charge in [-0.1, -0.05) is 35.5 Å². The van der Waals surface area contributed by atoms with Crippen molar-refractivity contribution in [2.24, 2.45) is 10.2 Å². The Morgan fingerprint density at radius 3 is 3.05 bits per heavy atom. The van der Waals surface area contributed by atoms with Crippen LogP contribution in [0.2, 0.25) is 5.15 Å². The number of aromatic nitrogens is 1. The fourth-order valence-corrected chi connectivity index (χ4v) is 2.54. The summed E-state index contributed by atoms with van der Waals surface area (Å²) in [6, 6.07) is 7.62. The Morgan fingerprint density at radius 2 is 2.25 bits per heavy atom. The summed E-state index contributed by atoms with van der Waals surface area (Å²) in [5.41, 5.74) is 0.903. The van der Waals surface area contributed by atoms with Crippen LogP contribution in [0.1, 0.15) is 5.56 Å². The van der Waals surface area contributed by atoms with Gasteiger partial charge in [-0.2, -0.15) is 5.10 Å². The van der Waals surface area contributed by atoms with E-state index in [1.54, 1.807) is 12.4 Å². The molecule has 0 atom stereocenters. The second kappa shape index (κ2) is 5.60. The highest BCUT2D eigenvalue weighted by molar-refractivity contribution is 8.15. The largest absolute Gasteiger partial charge is 0.303 e. The number of halogens is 1. The summed E-state index contributed by atoms with van der Waals surface area (Å²) in [6.07, 6.45) is 3.35. The minimum atomic E-state index is -0.0439. The number of hydrogen-bond acceptors (Lipinski definition) is 5. The molecule has 1 amide bonds. The van der Waals surface area contributed by atoms with Crippen LogP contribution in [0.5, 0.6) is 0 Å². The summed E-state index contributed by atoms with van der Waals surface area (Å²) in [6.45, 7) is 0. The van der Waals surface area contributed by atoms with Crippen molar-refractivity contribution < 1.29 is 4.79 Å². The first-order valence-electron chi connectivity index (χ1n) is 5.80. The van der Waals surface area contributed by atoms with Crippen molar-refractivity contribution in [2.75, 3.05) is 5.75 Å². The topological polar surface area (TPSA) is 66.7 Å². The van der Waals surface area contributed by atoms with Crippen molar-refractivity contribution in [1.29, 1.82) is 0 Å². The minimum Gasteiger partial charge on any atom is -0.303 e. The van der Waals surface area contributed by atoms with Gasteiger partial charge in [0.15, 0.2) is 5.17 Å². The van der Waals surface area contributed by atoms with Crippen LogP contribution in [0, 0.1) is 0 Å². The average molecular weight is 305 g/mol. The molecule has 1 aromatic heterocycles. The lowest BCUT2D eigenvalue weighted by Crippen LogP contribution is -2.19. The molecule has 20 heavy (non-hydrogen) atoms. The fraction of sp³-hybridized carbons (Fsp3) is 0.0769. The van der Waals surface area contributed by atoms with Gasteiger partial charge in [-0.05, 0) is 23.1 Å².